The summed E-state index contributed by atoms with van der Waals surface area (Å²) in [5, 5.41) is 9.73. The van der Waals surface area contributed by atoms with Gasteiger partial charge in [0.2, 0.25) is 0 Å². The fraction of sp³-hybridized carbons (Fsp3) is 0.667. The third kappa shape index (κ3) is 5.46. The minimum Gasteiger partial charge on any atom is -0.392 e. The Labute approximate surface area is 142 Å². The lowest BCUT2D eigenvalue weighted by atomic mass is 10.0. The van der Waals surface area contributed by atoms with Gasteiger partial charge < -0.3 is 10.0 Å². The molecule has 24 heavy (non-hydrogen) atoms. The van der Waals surface area contributed by atoms with Crippen molar-refractivity contribution in [3.05, 3.63) is 35.4 Å². The van der Waals surface area contributed by atoms with Crippen molar-refractivity contribution in [1.82, 2.24) is 9.80 Å². The summed E-state index contributed by atoms with van der Waals surface area (Å²) in [6, 6.07) is 5.94. The second kappa shape index (κ2) is 8.32. The molecule has 6 heteroatoms. The van der Waals surface area contributed by atoms with Crippen LogP contribution in [0.2, 0.25) is 0 Å². The van der Waals surface area contributed by atoms with Crippen LogP contribution in [-0.4, -0.2) is 53.7 Å². The smallest absolute Gasteiger partial charge is 0.392 e. The lowest BCUT2D eigenvalue weighted by Crippen LogP contribution is -2.45. The summed E-state index contributed by atoms with van der Waals surface area (Å²) in [5.74, 6) is 0. The molecular weight excluding hydrogens is 317 g/mol. The number of halogens is 3. The van der Waals surface area contributed by atoms with E-state index >= 15 is 0 Å². The minimum atomic E-state index is -4.29. The Morgan fingerprint density at radius 2 is 1.96 bits per heavy atom. The highest BCUT2D eigenvalue weighted by Crippen LogP contribution is 2.30. The summed E-state index contributed by atoms with van der Waals surface area (Å²) in [5.41, 5.74) is 0.105. The van der Waals surface area contributed by atoms with Crippen molar-refractivity contribution in [1.29, 1.82) is 0 Å². The summed E-state index contributed by atoms with van der Waals surface area (Å²) in [6.45, 7) is 5.05. The molecule has 0 radical (unpaired) electrons. The zero-order valence-corrected chi connectivity index (χ0v) is 14.4. The fourth-order valence-corrected chi connectivity index (χ4v) is 3.23. The molecular formula is C18H27F3N2O. The summed E-state index contributed by atoms with van der Waals surface area (Å²) < 4.78 is 38.4. The number of nitrogens with zero attached hydrogens (tertiary/aromatic N) is 2. The molecule has 1 aliphatic heterocycles. The number of β-amino-alcohol motifs (C(OH)–C–C–N with tert-alkyl or cyclic N) is 1. The van der Waals surface area contributed by atoms with E-state index in [0.717, 1.165) is 38.4 Å². The highest BCUT2D eigenvalue weighted by Gasteiger charge is 2.30. The van der Waals surface area contributed by atoms with E-state index < -0.39 is 11.7 Å². The molecule has 1 saturated heterocycles. The summed E-state index contributed by atoms with van der Waals surface area (Å²) in [4.78, 5) is 4.41. The van der Waals surface area contributed by atoms with E-state index in [-0.39, 0.29) is 6.10 Å². The zero-order chi connectivity index (χ0) is 17.7. The van der Waals surface area contributed by atoms with Crippen LogP contribution < -0.4 is 0 Å². The van der Waals surface area contributed by atoms with Gasteiger partial charge in [-0.1, -0.05) is 25.1 Å². The molecule has 0 saturated carbocycles. The van der Waals surface area contributed by atoms with E-state index in [9.17, 15) is 18.3 Å². The van der Waals surface area contributed by atoms with Gasteiger partial charge in [0, 0.05) is 19.1 Å². The maximum atomic E-state index is 12.8. The van der Waals surface area contributed by atoms with Crippen LogP contribution in [0.5, 0.6) is 0 Å². The molecule has 1 N–H and O–H groups in total. The van der Waals surface area contributed by atoms with Crippen LogP contribution in [0.1, 0.15) is 37.3 Å². The van der Waals surface area contributed by atoms with Crippen molar-refractivity contribution < 1.29 is 18.3 Å². The lowest BCUT2D eigenvalue weighted by Gasteiger charge is -2.37. The maximum Gasteiger partial charge on any atom is 0.416 e. The first-order valence-electron chi connectivity index (χ1n) is 8.56. The van der Waals surface area contributed by atoms with E-state index in [1.807, 2.05) is 14.0 Å². The van der Waals surface area contributed by atoms with Crippen molar-refractivity contribution in [3.63, 3.8) is 0 Å². The number of alkyl halides is 3. The highest BCUT2D eigenvalue weighted by molar-refractivity contribution is 5.25. The van der Waals surface area contributed by atoms with Gasteiger partial charge in [-0.3, -0.25) is 4.90 Å². The molecule has 0 amide bonds. The third-order valence-corrected chi connectivity index (χ3v) is 4.81. The molecule has 1 aliphatic rings. The molecule has 1 aromatic carbocycles. The first-order chi connectivity index (χ1) is 11.3. The zero-order valence-electron chi connectivity index (χ0n) is 14.4. The third-order valence-electron chi connectivity index (χ3n) is 4.81. The summed E-state index contributed by atoms with van der Waals surface area (Å²) in [6.07, 6.45) is -1.85. The van der Waals surface area contributed by atoms with Crippen LogP contribution in [0.4, 0.5) is 13.2 Å². The van der Waals surface area contributed by atoms with Crippen LogP contribution in [0.25, 0.3) is 0 Å². The van der Waals surface area contributed by atoms with Crippen LogP contribution in [0.3, 0.4) is 0 Å². The topological polar surface area (TPSA) is 26.7 Å². The SMILES string of the molecule is CC[C@@H](O)CN1CCC(N(C)Cc2cccc(C(F)(F)F)c2)CC1. The van der Waals surface area contributed by atoms with E-state index in [0.29, 0.717) is 24.7 Å². The van der Waals surface area contributed by atoms with Gasteiger partial charge >= 0.3 is 6.18 Å². The van der Waals surface area contributed by atoms with E-state index in [1.165, 1.54) is 12.1 Å². The Morgan fingerprint density at radius 3 is 2.54 bits per heavy atom. The van der Waals surface area contributed by atoms with Crippen LogP contribution in [0, 0.1) is 0 Å². The molecule has 1 heterocycles. The van der Waals surface area contributed by atoms with Gasteiger partial charge in [-0.2, -0.15) is 13.2 Å². The molecule has 1 fully saturated rings. The number of hydrogen-bond acceptors (Lipinski definition) is 3. The van der Waals surface area contributed by atoms with E-state index in [1.54, 1.807) is 6.07 Å². The van der Waals surface area contributed by atoms with E-state index in [2.05, 4.69) is 9.80 Å². The first-order valence-corrected chi connectivity index (χ1v) is 8.56. The average Bonchev–Trinajstić information content (AvgIpc) is 2.54. The first kappa shape index (κ1) is 19.2. The van der Waals surface area contributed by atoms with Gasteiger partial charge in [-0.05, 0) is 51.0 Å². The molecule has 0 unspecified atom stereocenters. The molecule has 0 aliphatic carbocycles. The highest BCUT2D eigenvalue weighted by atomic mass is 19.4. The number of aliphatic hydroxyl groups excluding tert-OH is 1. The Kier molecular flexibility index (Phi) is 6.66. The van der Waals surface area contributed by atoms with Crippen LogP contribution in [-0.2, 0) is 12.7 Å². The van der Waals surface area contributed by atoms with Crippen molar-refractivity contribution in [2.45, 2.75) is 51.1 Å². The van der Waals surface area contributed by atoms with Gasteiger partial charge in [0.15, 0.2) is 0 Å². The average molecular weight is 344 g/mol. The number of aliphatic hydroxyl groups is 1. The molecule has 1 aromatic rings. The minimum absolute atomic E-state index is 0.274. The quantitative estimate of drug-likeness (QED) is 0.857. The number of piperidine rings is 1. The predicted molar refractivity (Wildman–Crippen MR) is 88.7 cm³/mol. The molecule has 3 nitrogen and oxygen atoms in total. The molecule has 0 aromatic heterocycles. The number of benzene rings is 1. The number of hydrogen-bond donors (Lipinski definition) is 1. The standard InChI is InChI=1S/C18H27F3N2O/c1-3-17(24)13-23-9-7-16(8-10-23)22(2)12-14-5-4-6-15(11-14)18(19,20)21/h4-6,11,16-17,24H,3,7-10,12-13H2,1-2H3/t17-/m1/s1. The van der Waals surface area contributed by atoms with Crippen molar-refractivity contribution >= 4 is 0 Å². The van der Waals surface area contributed by atoms with Crippen molar-refractivity contribution in [2.75, 3.05) is 26.7 Å². The molecule has 0 spiro atoms. The Bertz CT molecular complexity index is 513. The Balaban J connectivity index is 1.87. The largest absolute Gasteiger partial charge is 0.416 e. The Hall–Kier alpha value is -1.11. The number of likely N-dealkylation sites (tertiary alicyclic amines) is 1. The van der Waals surface area contributed by atoms with Gasteiger partial charge in [0.25, 0.3) is 0 Å². The molecule has 136 valence electrons. The van der Waals surface area contributed by atoms with Crippen LogP contribution >= 0.6 is 0 Å². The van der Waals surface area contributed by atoms with Gasteiger partial charge in [0.1, 0.15) is 0 Å². The monoisotopic (exact) mass is 344 g/mol. The molecule has 0 bridgehead atoms. The van der Waals surface area contributed by atoms with Crippen LogP contribution in [0.15, 0.2) is 24.3 Å². The predicted octanol–water partition coefficient (Wildman–Crippen LogP) is 3.37. The number of rotatable bonds is 6. The molecule has 2 rings (SSSR count). The lowest BCUT2D eigenvalue weighted by molar-refractivity contribution is -0.137. The molecule has 1 atom stereocenters. The Morgan fingerprint density at radius 1 is 1.29 bits per heavy atom. The van der Waals surface area contributed by atoms with Crippen molar-refractivity contribution in [2.24, 2.45) is 0 Å². The van der Waals surface area contributed by atoms with Gasteiger partial charge in [-0.25, -0.2) is 0 Å². The summed E-state index contributed by atoms with van der Waals surface area (Å²) >= 11 is 0. The second-order valence-corrected chi connectivity index (χ2v) is 6.71. The second-order valence-electron chi connectivity index (χ2n) is 6.71. The normalized spacial score (nSPS) is 19.0. The maximum absolute atomic E-state index is 12.8. The van der Waals surface area contributed by atoms with Gasteiger partial charge in [-0.15, -0.1) is 0 Å². The van der Waals surface area contributed by atoms with E-state index in [4.69, 9.17) is 0 Å². The van der Waals surface area contributed by atoms with Crippen molar-refractivity contribution in [3.8, 4) is 0 Å². The van der Waals surface area contributed by atoms with Gasteiger partial charge in [0.05, 0.1) is 11.7 Å². The fourth-order valence-electron chi connectivity index (χ4n) is 3.23. The summed E-state index contributed by atoms with van der Waals surface area (Å²) in [7, 11) is 1.97.